The van der Waals surface area contributed by atoms with Crippen molar-refractivity contribution in [3.05, 3.63) is 34.3 Å². The summed E-state index contributed by atoms with van der Waals surface area (Å²) in [6.45, 7) is 0. The maximum Gasteiger partial charge on any atom is 0.133 e. The second kappa shape index (κ2) is 5.45. The summed E-state index contributed by atoms with van der Waals surface area (Å²) in [5.74, 6) is 0.857. The lowest BCUT2D eigenvalue weighted by Crippen LogP contribution is -1.84. The van der Waals surface area contributed by atoms with Crippen LogP contribution in [0.5, 0.6) is 5.75 Å². The van der Waals surface area contributed by atoms with Crippen molar-refractivity contribution in [2.45, 2.75) is 0 Å². The van der Waals surface area contributed by atoms with Gasteiger partial charge in [0.15, 0.2) is 0 Å². The quantitative estimate of drug-likeness (QED) is 0.770. The Morgan fingerprint density at radius 2 is 2.23 bits per heavy atom. The smallest absolute Gasteiger partial charge is 0.133 e. The molecule has 0 N–H and O–H groups in total. The number of benzene rings is 1. The van der Waals surface area contributed by atoms with Crippen molar-refractivity contribution < 1.29 is 4.74 Å². The summed E-state index contributed by atoms with van der Waals surface area (Å²) in [5, 5.41) is 0.872. The second-order valence-electron chi connectivity index (χ2n) is 2.45. The van der Waals surface area contributed by atoms with Crippen molar-refractivity contribution >= 4 is 37.9 Å². The predicted octanol–water partition coefficient (Wildman–Crippen LogP) is 3.87. The third kappa shape index (κ3) is 3.16. The van der Waals surface area contributed by atoms with Gasteiger partial charge >= 0.3 is 0 Å². The Balaban J connectivity index is 2.89. The van der Waals surface area contributed by atoms with Crippen LogP contribution in [0.1, 0.15) is 5.56 Å². The highest BCUT2D eigenvalue weighted by Crippen LogP contribution is 2.25. The Hall–Kier alpha value is -0.280. The first-order valence-corrected chi connectivity index (χ1v) is 5.75. The lowest BCUT2D eigenvalue weighted by atomic mass is 10.2. The molecule has 0 saturated heterocycles. The highest BCUT2D eigenvalue weighted by atomic mass is 79.9. The van der Waals surface area contributed by atoms with Crippen molar-refractivity contribution in [1.29, 1.82) is 0 Å². The zero-order chi connectivity index (χ0) is 9.68. The first kappa shape index (κ1) is 10.8. The van der Waals surface area contributed by atoms with E-state index in [-0.39, 0.29) is 0 Å². The molecule has 0 saturated carbocycles. The molecule has 1 aromatic carbocycles. The Kier molecular flexibility index (Phi) is 4.53. The molecule has 70 valence electrons. The van der Waals surface area contributed by atoms with E-state index in [0.29, 0.717) is 0 Å². The normalized spacial score (nSPS) is 10.7. The standard InChI is InChI=1S/C10H10Br2O/c1-13-10-5-4-8(3-2-6-11)7-9(10)12/h2-5,7H,6H2,1H3/b3-2+. The Bertz CT molecular complexity index is 308. The molecule has 0 atom stereocenters. The van der Waals surface area contributed by atoms with Crippen molar-refractivity contribution in [3.8, 4) is 5.75 Å². The molecule has 0 spiro atoms. The number of methoxy groups -OCH3 is 1. The molecule has 0 amide bonds. The van der Waals surface area contributed by atoms with Crippen LogP contribution in [0.15, 0.2) is 28.7 Å². The van der Waals surface area contributed by atoms with Crippen LogP contribution in [0.4, 0.5) is 0 Å². The minimum absolute atomic E-state index is 0.857. The monoisotopic (exact) mass is 304 g/mol. The van der Waals surface area contributed by atoms with Crippen LogP contribution in [0.3, 0.4) is 0 Å². The van der Waals surface area contributed by atoms with Gasteiger partial charge in [0.05, 0.1) is 11.6 Å². The maximum atomic E-state index is 5.12. The van der Waals surface area contributed by atoms with E-state index in [9.17, 15) is 0 Å². The van der Waals surface area contributed by atoms with Crippen molar-refractivity contribution in [1.82, 2.24) is 0 Å². The van der Waals surface area contributed by atoms with E-state index in [1.54, 1.807) is 7.11 Å². The Morgan fingerprint density at radius 1 is 1.46 bits per heavy atom. The van der Waals surface area contributed by atoms with Gasteiger partial charge in [-0.2, -0.15) is 0 Å². The molecule has 0 heterocycles. The van der Waals surface area contributed by atoms with Crippen LogP contribution >= 0.6 is 31.9 Å². The molecule has 0 aromatic heterocycles. The topological polar surface area (TPSA) is 9.23 Å². The molecule has 1 aromatic rings. The Morgan fingerprint density at radius 3 is 2.77 bits per heavy atom. The van der Waals surface area contributed by atoms with Crippen LogP contribution in [-0.4, -0.2) is 12.4 Å². The minimum atomic E-state index is 0.857. The van der Waals surface area contributed by atoms with E-state index in [1.807, 2.05) is 24.3 Å². The fourth-order valence-corrected chi connectivity index (χ4v) is 1.71. The Labute approximate surface area is 95.1 Å². The van der Waals surface area contributed by atoms with Crippen molar-refractivity contribution in [3.63, 3.8) is 0 Å². The summed E-state index contributed by atoms with van der Waals surface area (Å²) >= 11 is 6.76. The minimum Gasteiger partial charge on any atom is -0.496 e. The van der Waals surface area contributed by atoms with Gasteiger partial charge < -0.3 is 4.74 Å². The van der Waals surface area contributed by atoms with Gasteiger partial charge in [-0.3, -0.25) is 0 Å². The highest BCUT2D eigenvalue weighted by Gasteiger charge is 1.98. The molecule has 0 aliphatic carbocycles. The van der Waals surface area contributed by atoms with Gasteiger partial charge in [-0.05, 0) is 33.6 Å². The molecule has 0 unspecified atom stereocenters. The van der Waals surface area contributed by atoms with Gasteiger partial charge in [0, 0.05) is 5.33 Å². The van der Waals surface area contributed by atoms with Crippen LogP contribution in [0.2, 0.25) is 0 Å². The molecule has 3 heteroatoms. The number of hydrogen-bond donors (Lipinski definition) is 0. The SMILES string of the molecule is COc1ccc(/C=C/CBr)cc1Br. The summed E-state index contributed by atoms with van der Waals surface area (Å²) in [6.07, 6.45) is 4.10. The lowest BCUT2D eigenvalue weighted by molar-refractivity contribution is 0.412. The molecule has 0 aliphatic rings. The zero-order valence-electron chi connectivity index (χ0n) is 7.26. The van der Waals surface area contributed by atoms with Gasteiger partial charge in [0.2, 0.25) is 0 Å². The molecule has 0 aliphatic heterocycles. The molecule has 13 heavy (non-hydrogen) atoms. The van der Waals surface area contributed by atoms with E-state index < -0.39 is 0 Å². The number of alkyl halides is 1. The molecule has 0 radical (unpaired) electrons. The number of halogens is 2. The fraction of sp³-hybridized carbons (Fsp3) is 0.200. The average Bonchev–Trinajstić information content (AvgIpc) is 2.15. The summed E-state index contributed by atoms with van der Waals surface area (Å²) < 4.78 is 6.10. The molecule has 0 bridgehead atoms. The first-order valence-electron chi connectivity index (χ1n) is 3.84. The summed E-state index contributed by atoms with van der Waals surface area (Å²) in [5.41, 5.74) is 1.16. The number of ether oxygens (including phenoxy) is 1. The van der Waals surface area contributed by atoms with Gasteiger partial charge in [-0.25, -0.2) is 0 Å². The van der Waals surface area contributed by atoms with E-state index >= 15 is 0 Å². The van der Waals surface area contributed by atoms with E-state index in [1.165, 1.54) is 0 Å². The molecule has 1 nitrogen and oxygen atoms in total. The third-order valence-electron chi connectivity index (χ3n) is 1.58. The fourth-order valence-electron chi connectivity index (χ4n) is 0.967. The van der Waals surface area contributed by atoms with Crippen LogP contribution < -0.4 is 4.74 Å². The van der Waals surface area contributed by atoms with Crippen molar-refractivity contribution in [2.24, 2.45) is 0 Å². The molecule has 1 rings (SSSR count). The largest absolute Gasteiger partial charge is 0.496 e. The van der Waals surface area contributed by atoms with Gasteiger partial charge in [-0.1, -0.05) is 34.1 Å². The van der Waals surface area contributed by atoms with Crippen LogP contribution in [0.25, 0.3) is 6.08 Å². The third-order valence-corrected chi connectivity index (χ3v) is 2.57. The summed E-state index contributed by atoms with van der Waals surface area (Å²) in [4.78, 5) is 0. The highest BCUT2D eigenvalue weighted by molar-refractivity contribution is 9.10. The van der Waals surface area contributed by atoms with Gasteiger partial charge in [-0.15, -0.1) is 0 Å². The van der Waals surface area contributed by atoms with E-state index in [0.717, 1.165) is 21.1 Å². The van der Waals surface area contributed by atoms with Gasteiger partial charge in [0.1, 0.15) is 5.75 Å². The number of rotatable bonds is 3. The van der Waals surface area contributed by atoms with E-state index in [4.69, 9.17) is 4.74 Å². The lowest BCUT2D eigenvalue weighted by Gasteiger charge is -2.02. The van der Waals surface area contributed by atoms with Crippen LogP contribution in [-0.2, 0) is 0 Å². The molecular weight excluding hydrogens is 296 g/mol. The van der Waals surface area contributed by atoms with Gasteiger partial charge in [0.25, 0.3) is 0 Å². The van der Waals surface area contributed by atoms with Crippen LogP contribution in [0, 0.1) is 0 Å². The molecular formula is C10H10Br2O. The zero-order valence-corrected chi connectivity index (χ0v) is 10.4. The second-order valence-corrected chi connectivity index (χ2v) is 3.95. The summed E-state index contributed by atoms with van der Waals surface area (Å²) in [7, 11) is 1.66. The number of hydrogen-bond acceptors (Lipinski definition) is 1. The van der Waals surface area contributed by atoms with E-state index in [2.05, 4.69) is 37.9 Å². The summed E-state index contributed by atoms with van der Waals surface area (Å²) in [6, 6.07) is 5.98. The maximum absolute atomic E-state index is 5.12. The van der Waals surface area contributed by atoms with Crippen molar-refractivity contribution in [2.75, 3.05) is 12.4 Å². The molecule has 0 fully saturated rings. The number of allylic oxidation sites excluding steroid dienone is 1. The first-order chi connectivity index (χ1) is 6.27. The predicted molar refractivity (Wildman–Crippen MR) is 63.5 cm³/mol. The average molecular weight is 306 g/mol.